The van der Waals surface area contributed by atoms with E-state index < -0.39 is 0 Å². The van der Waals surface area contributed by atoms with Gasteiger partial charge in [0, 0.05) is 10.6 Å². The van der Waals surface area contributed by atoms with Crippen LogP contribution in [0.15, 0.2) is 48.5 Å². The summed E-state index contributed by atoms with van der Waals surface area (Å²) in [5, 5.41) is 0.684. The maximum absolute atomic E-state index is 5.96. The highest BCUT2D eigenvalue weighted by molar-refractivity contribution is 6.31. The molecule has 0 radical (unpaired) electrons. The quantitative estimate of drug-likeness (QED) is 0.648. The molecule has 0 amide bonds. The van der Waals surface area contributed by atoms with Crippen LogP contribution >= 0.6 is 11.6 Å². The second kappa shape index (κ2) is 4.39. The number of hydrogen-bond donors (Lipinski definition) is 0. The molecule has 0 bridgehead atoms. The van der Waals surface area contributed by atoms with Crippen molar-refractivity contribution >= 4 is 22.6 Å². The Hall–Kier alpha value is -1.93. The standard InChI is InChI=1S/C15H11ClN2/c1-10-15(11-5-3-2-4-6-11)18-13-8-7-12(16)9-14(13)17-10/h2-9H,1H3. The molecule has 1 heterocycles. The third-order valence-electron chi connectivity index (χ3n) is 2.85. The number of benzene rings is 2. The fraction of sp³-hybridized carbons (Fsp3) is 0.0667. The number of aromatic nitrogens is 2. The van der Waals surface area contributed by atoms with Gasteiger partial charge in [-0.25, -0.2) is 9.97 Å². The Morgan fingerprint density at radius 2 is 1.67 bits per heavy atom. The maximum Gasteiger partial charge on any atom is 0.0922 e. The van der Waals surface area contributed by atoms with E-state index in [1.54, 1.807) is 0 Å². The van der Waals surface area contributed by atoms with Crippen LogP contribution in [0.1, 0.15) is 5.69 Å². The summed E-state index contributed by atoms with van der Waals surface area (Å²) in [5.41, 5.74) is 4.62. The SMILES string of the molecule is Cc1nc2cc(Cl)ccc2nc1-c1ccccc1. The van der Waals surface area contributed by atoms with E-state index in [4.69, 9.17) is 11.6 Å². The van der Waals surface area contributed by atoms with Crippen molar-refractivity contribution in [2.45, 2.75) is 6.92 Å². The van der Waals surface area contributed by atoms with Crippen molar-refractivity contribution in [2.75, 3.05) is 0 Å². The highest BCUT2D eigenvalue weighted by atomic mass is 35.5. The molecule has 3 rings (SSSR count). The molecule has 88 valence electrons. The van der Waals surface area contributed by atoms with E-state index in [0.29, 0.717) is 5.02 Å². The molecule has 0 atom stereocenters. The minimum absolute atomic E-state index is 0.684. The summed E-state index contributed by atoms with van der Waals surface area (Å²) in [6.07, 6.45) is 0. The minimum Gasteiger partial charge on any atom is -0.249 e. The second-order valence-electron chi connectivity index (χ2n) is 4.16. The zero-order valence-corrected chi connectivity index (χ0v) is 10.6. The van der Waals surface area contributed by atoms with Gasteiger partial charge in [0.1, 0.15) is 0 Å². The summed E-state index contributed by atoms with van der Waals surface area (Å²) >= 11 is 5.96. The number of nitrogens with zero attached hydrogens (tertiary/aromatic N) is 2. The zero-order valence-electron chi connectivity index (χ0n) is 9.89. The first kappa shape index (κ1) is 11.2. The molecule has 1 aromatic heterocycles. The molecule has 0 spiro atoms. The van der Waals surface area contributed by atoms with Gasteiger partial charge in [0.25, 0.3) is 0 Å². The molecule has 18 heavy (non-hydrogen) atoms. The Morgan fingerprint density at radius 3 is 2.44 bits per heavy atom. The van der Waals surface area contributed by atoms with Gasteiger partial charge in [-0.1, -0.05) is 41.9 Å². The molecule has 3 heteroatoms. The highest BCUT2D eigenvalue weighted by Gasteiger charge is 2.07. The van der Waals surface area contributed by atoms with Gasteiger partial charge in [-0.05, 0) is 25.1 Å². The van der Waals surface area contributed by atoms with Crippen LogP contribution in [-0.2, 0) is 0 Å². The summed E-state index contributed by atoms with van der Waals surface area (Å²) in [6, 6.07) is 15.7. The van der Waals surface area contributed by atoms with Crippen molar-refractivity contribution in [3.05, 3.63) is 59.2 Å². The van der Waals surface area contributed by atoms with Crippen molar-refractivity contribution in [3.8, 4) is 11.3 Å². The molecule has 0 aliphatic heterocycles. The molecular formula is C15H11ClN2. The fourth-order valence-electron chi connectivity index (χ4n) is 1.99. The summed E-state index contributed by atoms with van der Waals surface area (Å²) in [6.45, 7) is 1.97. The average molecular weight is 255 g/mol. The lowest BCUT2D eigenvalue weighted by Gasteiger charge is -2.06. The van der Waals surface area contributed by atoms with Crippen LogP contribution in [0.3, 0.4) is 0 Å². The molecular weight excluding hydrogens is 244 g/mol. The molecule has 2 aromatic carbocycles. The minimum atomic E-state index is 0.684. The smallest absolute Gasteiger partial charge is 0.0922 e. The van der Waals surface area contributed by atoms with Crippen LogP contribution in [0.25, 0.3) is 22.3 Å². The van der Waals surface area contributed by atoms with Crippen LogP contribution in [-0.4, -0.2) is 9.97 Å². The van der Waals surface area contributed by atoms with Gasteiger partial charge in [-0.15, -0.1) is 0 Å². The van der Waals surface area contributed by atoms with Gasteiger partial charge in [0.15, 0.2) is 0 Å². The molecule has 0 fully saturated rings. The van der Waals surface area contributed by atoms with E-state index in [1.165, 1.54) is 0 Å². The lowest BCUT2D eigenvalue weighted by molar-refractivity contribution is 1.19. The summed E-state index contributed by atoms with van der Waals surface area (Å²) < 4.78 is 0. The number of rotatable bonds is 1. The van der Waals surface area contributed by atoms with Crippen LogP contribution in [0.5, 0.6) is 0 Å². The molecule has 3 aromatic rings. The zero-order chi connectivity index (χ0) is 12.5. The first-order chi connectivity index (χ1) is 8.74. The molecule has 0 saturated heterocycles. The monoisotopic (exact) mass is 254 g/mol. The predicted octanol–water partition coefficient (Wildman–Crippen LogP) is 4.26. The first-order valence-corrected chi connectivity index (χ1v) is 6.11. The van der Waals surface area contributed by atoms with Gasteiger partial charge >= 0.3 is 0 Å². The summed E-state index contributed by atoms with van der Waals surface area (Å²) in [7, 11) is 0. The average Bonchev–Trinajstić information content (AvgIpc) is 2.39. The number of halogens is 1. The van der Waals surface area contributed by atoms with E-state index >= 15 is 0 Å². The van der Waals surface area contributed by atoms with Gasteiger partial charge in [-0.2, -0.15) is 0 Å². The van der Waals surface area contributed by atoms with E-state index in [0.717, 1.165) is 28.0 Å². The van der Waals surface area contributed by atoms with Crippen LogP contribution in [0.4, 0.5) is 0 Å². The van der Waals surface area contributed by atoms with Crippen LogP contribution in [0, 0.1) is 6.92 Å². The van der Waals surface area contributed by atoms with Crippen molar-refractivity contribution in [2.24, 2.45) is 0 Å². The molecule has 0 saturated carbocycles. The van der Waals surface area contributed by atoms with Gasteiger partial charge in [-0.3, -0.25) is 0 Å². The predicted molar refractivity (Wildman–Crippen MR) is 74.7 cm³/mol. The highest BCUT2D eigenvalue weighted by Crippen LogP contribution is 2.24. The number of fused-ring (bicyclic) bond motifs is 1. The van der Waals surface area contributed by atoms with E-state index in [2.05, 4.69) is 9.97 Å². The van der Waals surface area contributed by atoms with Gasteiger partial charge in [0.2, 0.25) is 0 Å². The third-order valence-corrected chi connectivity index (χ3v) is 3.08. The Bertz CT molecular complexity index is 708. The first-order valence-electron chi connectivity index (χ1n) is 5.73. The van der Waals surface area contributed by atoms with E-state index in [1.807, 2.05) is 55.5 Å². The Balaban J connectivity index is 2.25. The van der Waals surface area contributed by atoms with Crippen molar-refractivity contribution in [1.29, 1.82) is 0 Å². The van der Waals surface area contributed by atoms with E-state index in [-0.39, 0.29) is 0 Å². The van der Waals surface area contributed by atoms with Crippen LogP contribution in [0.2, 0.25) is 5.02 Å². The third kappa shape index (κ3) is 1.95. The van der Waals surface area contributed by atoms with Crippen molar-refractivity contribution in [1.82, 2.24) is 9.97 Å². The second-order valence-corrected chi connectivity index (χ2v) is 4.59. The van der Waals surface area contributed by atoms with Crippen molar-refractivity contribution in [3.63, 3.8) is 0 Å². The largest absolute Gasteiger partial charge is 0.249 e. The van der Waals surface area contributed by atoms with Gasteiger partial charge in [0.05, 0.1) is 22.4 Å². The summed E-state index contributed by atoms with van der Waals surface area (Å²) in [4.78, 5) is 9.23. The topological polar surface area (TPSA) is 25.8 Å². The van der Waals surface area contributed by atoms with Crippen molar-refractivity contribution < 1.29 is 0 Å². The molecule has 0 aliphatic carbocycles. The van der Waals surface area contributed by atoms with Crippen LogP contribution < -0.4 is 0 Å². The summed E-state index contributed by atoms with van der Waals surface area (Å²) in [5.74, 6) is 0. The lowest BCUT2D eigenvalue weighted by Crippen LogP contribution is -1.94. The van der Waals surface area contributed by atoms with E-state index in [9.17, 15) is 0 Å². The Labute approximate surface area is 110 Å². The Morgan fingerprint density at radius 1 is 0.889 bits per heavy atom. The molecule has 2 nitrogen and oxygen atoms in total. The fourth-order valence-corrected chi connectivity index (χ4v) is 2.15. The lowest BCUT2D eigenvalue weighted by atomic mass is 10.1. The molecule has 0 N–H and O–H groups in total. The maximum atomic E-state index is 5.96. The Kier molecular flexibility index (Phi) is 2.73. The number of aryl methyl sites for hydroxylation is 1. The normalized spacial score (nSPS) is 10.8. The van der Waals surface area contributed by atoms with Gasteiger partial charge < -0.3 is 0 Å². The number of hydrogen-bond acceptors (Lipinski definition) is 2. The molecule has 0 aliphatic rings. The molecule has 0 unspecified atom stereocenters.